The van der Waals surface area contributed by atoms with E-state index >= 15 is 0 Å². The van der Waals surface area contributed by atoms with Crippen molar-refractivity contribution in [3.63, 3.8) is 0 Å². The number of hydrogen-bond donors (Lipinski definition) is 2. The third kappa shape index (κ3) is 3.05. The first-order valence-corrected chi connectivity index (χ1v) is 7.48. The van der Waals surface area contributed by atoms with E-state index in [1.165, 1.54) is 7.11 Å². The molecule has 0 aliphatic heterocycles. The van der Waals surface area contributed by atoms with E-state index in [1.54, 1.807) is 30.3 Å². The minimum absolute atomic E-state index is 0.174. The molecule has 0 fully saturated rings. The molecular formula is C14H14O6S. The van der Waals surface area contributed by atoms with Crippen LogP contribution >= 0.6 is 0 Å². The summed E-state index contributed by atoms with van der Waals surface area (Å²) in [5.74, 6) is -0.755. The molecule has 0 spiro atoms. The van der Waals surface area contributed by atoms with Gasteiger partial charge in [0.25, 0.3) is 10.1 Å². The summed E-state index contributed by atoms with van der Waals surface area (Å²) < 4.78 is 36.4. The monoisotopic (exact) mass is 310 g/mol. The zero-order valence-electron chi connectivity index (χ0n) is 11.2. The van der Waals surface area contributed by atoms with Crippen LogP contribution in [0.4, 0.5) is 0 Å². The van der Waals surface area contributed by atoms with E-state index in [4.69, 9.17) is 9.29 Å². The lowest BCUT2D eigenvalue weighted by Gasteiger charge is -2.27. The van der Waals surface area contributed by atoms with Crippen molar-refractivity contribution in [2.24, 2.45) is 0 Å². The van der Waals surface area contributed by atoms with Crippen molar-refractivity contribution >= 4 is 15.9 Å². The smallest absolute Gasteiger partial charge is 0.297 e. The Morgan fingerprint density at radius 1 is 1.29 bits per heavy atom. The van der Waals surface area contributed by atoms with Gasteiger partial charge in [-0.1, -0.05) is 30.3 Å². The van der Waals surface area contributed by atoms with Crippen LogP contribution in [0, 0.1) is 0 Å². The maximum absolute atomic E-state index is 12.3. The molecule has 0 amide bonds. The van der Waals surface area contributed by atoms with Crippen LogP contribution in [0.2, 0.25) is 0 Å². The third-order valence-corrected chi connectivity index (χ3v) is 4.09. The lowest BCUT2D eigenvalue weighted by Crippen LogP contribution is -2.39. The summed E-state index contributed by atoms with van der Waals surface area (Å²) in [5, 5.41) is 10.5. The summed E-state index contributed by atoms with van der Waals surface area (Å²) in [4.78, 5) is 11.9. The zero-order valence-corrected chi connectivity index (χ0v) is 12.0. The standard InChI is InChI=1S/C14H14O6S/c1-20-11-9-14(16,8-7-12(11)21(17,18)19)13(15)10-5-3-2-4-6-10/h2-8,16H,9H2,1H3,(H,17,18,19). The summed E-state index contributed by atoms with van der Waals surface area (Å²) in [7, 11) is -3.28. The molecule has 1 aromatic rings. The topological polar surface area (TPSA) is 101 Å². The Morgan fingerprint density at radius 2 is 1.90 bits per heavy atom. The first-order valence-electron chi connectivity index (χ1n) is 6.04. The molecule has 7 heteroatoms. The fourth-order valence-corrected chi connectivity index (χ4v) is 2.78. The Bertz CT molecular complexity index is 717. The predicted molar refractivity (Wildman–Crippen MR) is 75.1 cm³/mol. The van der Waals surface area contributed by atoms with Crippen molar-refractivity contribution < 1.29 is 27.6 Å². The lowest BCUT2D eigenvalue weighted by molar-refractivity contribution is 0.0462. The van der Waals surface area contributed by atoms with E-state index in [2.05, 4.69) is 0 Å². The zero-order chi connectivity index (χ0) is 15.7. The van der Waals surface area contributed by atoms with Crippen LogP contribution in [0.1, 0.15) is 16.8 Å². The second-order valence-electron chi connectivity index (χ2n) is 4.60. The number of benzene rings is 1. The molecule has 1 aliphatic carbocycles. The van der Waals surface area contributed by atoms with Crippen LogP contribution in [-0.4, -0.2) is 36.6 Å². The van der Waals surface area contributed by atoms with Crippen LogP contribution in [-0.2, 0) is 14.9 Å². The number of hydrogen-bond acceptors (Lipinski definition) is 5. The van der Waals surface area contributed by atoms with Gasteiger partial charge >= 0.3 is 0 Å². The lowest BCUT2D eigenvalue weighted by atomic mass is 9.86. The minimum atomic E-state index is -4.48. The fourth-order valence-electron chi connectivity index (χ4n) is 2.10. The van der Waals surface area contributed by atoms with Gasteiger partial charge in [-0.2, -0.15) is 8.42 Å². The quantitative estimate of drug-likeness (QED) is 0.642. The van der Waals surface area contributed by atoms with Crippen molar-refractivity contribution in [3.8, 4) is 0 Å². The molecule has 2 rings (SSSR count). The molecule has 6 nitrogen and oxygen atoms in total. The maximum Gasteiger partial charge on any atom is 0.297 e. The molecule has 1 aliphatic rings. The highest BCUT2D eigenvalue weighted by molar-refractivity contribution is 7.90. The molecule has 0 heterocycles. The molecular weight excluding hydrogens is 296 g/mol. The van der Waals surface area contributed by atoms with Gasteiger partial charge in [-0.05, 0) is 12.2 Å². The molecule has 1 unspecified atom stereocenters. The van der Waals surface area contributed by atoms with Gasteiger partial charge in [0.2, 0.25) is 0 Å². The number of carbonyl (C=O) groups excluding carboxylic acids is 1. The Morgan fingerprint density at radius 3 is 2.43 bits per heavy atom. The van der Waals surface area contributed by atoms with Crippen LogP contribution < -0.4 is 0 Å². The van der Waals surface area contributed by atoms with Crippen LogP contribution in [0.5, 0.6) is 0 Å². The normalized spacial score (nSPS) is 22.2. The van der Waals surface area contributed by atoms with E-state index in [0.29, 0.717) is 0 Å². The van der Waals surface area contributed by atoms with Gasteiger partial charge in [0.05, 0.1) is 7.11 Å². The number of methoxy groups -OCH3 is 1. The molecule has 1 atom stereocenters. The maximum atomic E-state index is 12.3. The second kappa shape index (κ2) is 5.44. The van der Waals surface area contributed by atoms with Gasteiger partial charge in [0, 0.05) is 12.0 Å². The molecule has 0 saturated heterocycles. The predicted octanol–water partition coefficient (Wildman–Crippen LogP) is 1.31. The van der Waals surface area contributed by atoms with E-state index < -0.39 is 26.4 Å². The number of aliphatic hydroxyl groups is 1. The van der Waals surface area contributed by atoms with Crippen molar-refractivity contribution in [2.45, 2.75) is 12.0 Å². The molecule has 2 N–H and O–H groups in total. The van der Waals surface area contributed by atoms with E-state index in [-0.39, 0.29) is 17.7 Å². The third-order valence-electron chi connectivity index (χ3n) is 3.17. The first-order chi connectivity index (χ1) is 9.78. The number of carbonyl (C=O) groups is 1. The van der Waals surface area contributed by atoms with E-state index in [1.807, 2.05) is 0 Å². The van der Waals surface area contributed by atoms with Crippen LogP contribution in [0.3, 0.4) is 0 Å². The largest absolute Gasteiger partial charge is 0.500 e. The highest BCUT2D eigenvalue weighted by Crippen LogP contribution is 2.32. The Balaban J connectivity index is 2.40. The van der Waals surface area contributed by atoms with Crippen molar-refractivity contribution in [2.75, 3.05) is 7.11 Å². The highest BCUT2D eigenvalue weighted by Gasteiger charge is 2.40. The minimum Gasteiger partial charge on any atom is -0.500 e. The fraction of sp³-hybridized carbons (Fsp3) is 0.214. The van der Waals surface area contributed by atoms with Gasteiger partial charge in [0.15, 0.2) is 11.4 Å². The Hall–Kier alpha value is -1.96. The molecule has 21 heavy (non-hydrogen) atoms. The summed E-state index contributed by atoms with van der Waals surface area (Å²) in [6, 6.07) is 8.12. The highest BCUT2D eigenvalue weighted by atomic mass is 32.2. The summed E-state index contributed by atoms with van der Waals surface area (Å²) in [6.07, 6.45) is 1.65. The van der Waals surface area contributed by atoms with Gasteiger partial charge in [-0.3, -0.25) is 9.35 Å². The van der Waals surface area contributed by atoms with Gasteiger partial charge < -0.3 is 9.84 Å². The van der Waals surface area contributed by atoms with E-state index in [9.17, 15) is 18.3 Å². The second-order valence-corrected chi connectivity index (χ2v) is 5.99. The first kappa shape index (κ1) is 15.4. The molecule has 0 saturated carbocycles. The molecule has 1 aromatic carbocycles. The van der Waals surface area contributed by atoms with Gasteiger partial charge in [-0.25, -0.2) is 0 Å². The summed E-state index contributed by atoms with van der Waals surface area (Å²) >= 11 is 0. The number of Topliss-reactive ketones (excluding diaryl/α,β-unsaturated/α-hetero) is 1. The number of allylic oxidation sites excluding steroid dienone is 1. The average Bonchev–Trinajstić information content (AvgIpc) is 2.46. The van der Waals surface area contributed by atoms with Crippen molar-refractivity contribution in [1.82, 2.24) is 0 Å². The van der Waals surface area contributed by atoms with Crippen LogP contribution in [0.25, 0.3) is 0 Å². The van der Waals surface area contributed by atoms with Gasteiger partial charge in [0.1, 0.15) is 10.7 Å². The Kier molecular flexibility index (Phi) is 3.99. The Labute approximate surface area is 122 Å². The molecule has 112 valence electrons. The average molecular weight is 310 g/mol. The van der Waals surface area contributed by atoms with E-state index in [0.717, 1.165) is 12.2 Å². The number of rotatable bonds is 4. The number of ketones is 1. The SMILES string of the molecule is COC1=C(S(=O)(=O)O)C=CC(O)(C(=O)c2ccccc2)C1. The summed E-state index contributed by atoms with van der Waals surface area (Å²) in [6.45, 7) is 0. The van der Waals surface area contributed by atoms with Gasteiger partial charge in [-0.15, -0.1) is 0 Å². The molecule has 0 aromatic heterocycles. The number of ether oxygens (including phenoxy) is 1. The molecule has 0 bridgehead atoms. The van der Waals surface area contributed by atoms with Crippen LogP contribution in [0.15, 0.2) is 53.1 Å². The van der Waals surface area contributed by atoms with Crippen molar-refractivity contribution in [1.29, 1.82) is 0 Å². The van der Waals surface area contributed by atoms with Crippen molar-refractivity contribution in [3.05, 3.63) is 58.7 Å². The molecule has 0 radical (unpaired) electrons. The summed E-state index contributed by atoms with van der Waals surface area (Å²) in [5.41, 5.74) is -1.63.